The summed E-state index contributed by atoms with van der Waals surface area (Å²) < 4.78 is 5.08. The molecule has 4 nitrogen and oxygen atoms in total. The number of nitrogens with one attached hydrogen (secondary N) is 1. The van der Waals surface area contributed by atoms with Gasteiger partial charge in [-0.25, -0.2) is 0 Å². The Bertz CT molecular complexity index is 255. The van der Waals surface area contributed by atoms with Gasteiger partial charge >= 0.3 is 0 Å². The SMILES string of the molecule is CC/C=C(/C)C(=O)NCC1(O)CCOC1. The smallest absolute Gasteiger partial charge is 0.246 e. The van der Waals surface area contributed by atoms with Gasteiger partial charge in [0.25, 0.3) is 0 Å². The van der Waals surface area contributed by atoms with E-state index in [1.165, 1.54) is 0 Å². The van der Waals surface area contributed by atoms with Crippen molar-refractivity contribution in [3.63, 3.8) is 0 Å². The van der Waals surface area contributed by atoms with E-state index < -0.39 is 5.60 Å². The predicted molar refractivity (Wildman–Crippen MR) is 57.4 cm³/mol. The minimum atomic E-state index is -0.873. The molecule has 0 aliphatic carbocycles. The van der Waals surface area contributed by atoms with Crippen LogP contribution in [0.1, 0.15) is 26.7 Å². The molecular formula is C11H19NO3. The van der Waals surface area contributed by atoms with Crippen LogP contribution in [0.4, 0.5) is 0 Å². The zero-order valence-corrected chi connectivity index (χ0v) is 9.38. The third kappa shape index (κ3) is 3.64. The van der Waals surface area contributed by atoms with Crippen LogP contribution < -0.4 is 5.32 Å². The molecule has 1 heterocycles. The van der Waals surface area contributed by atoms with Crippen molar-refractivity contribution in [3.8, 4) is 0 Å². The molecule has 0 bridgehead atoms. The molecule has 4 heteroatoms. The highest BCUT2D eigenvalue weighted by Crippen LogP contribution is 2.16. The minimum Gasteiger partial charge on any atom is -0.386 e. The lowest BCUT2D eigenvalue weighted by Crippen LogP contribution is -2.43. The second-order valence-electron chi connectivity index (χ2n) is 4.00. The van der Waals surface area contributed by atoms with E-state index in [1.54, 1.807) is 6.92 Å². The highest BCUT2D eigenvalue weighted by atomic mass is 16.5. The number of ether oxygens (including phenoxy) is 1. The Morgan fingerprint density at radius 2 is 2.40 bits per heavy atom. The van der Waals surface area contributed by atoms with Gasteiger partial charge in [0, 0.05) is 25.1 Å². The summed E-state index contributed by atoms with van der Waals surface area (Å²) in [6.07, 6.45) is 3.29. The van der Waals surface area contributed by atoms with Crippen LogP contribution in [-0.4, -0.2) is 36.4 Å². The third-order valence-electron chi connectivity index (χ3n) is 2.53. The summed E-state index contributed by atoms with van der Waals surface area (Å²) >= 11 is 0. The van der Waals surface area contributed by atoms with Gasteiger partial charge in [-0.3, -0.25) is 4.79 Å². The van der Waals surface area contributed by atoms with Crippen molar-refractivity contribution in [3.05, 3.63) is 11.6 Å². The number of hydrogen-bond donors (Lipinski definition) is 2. The largest absolute Gasteiger partial charge is 0.386 e. The van der Waals surface area contributed by atoms with E-state index in [1.807, 2.05) is 13.0 Å². The molecule has 15 heavy (non-hydrogen) atoms. The van der Waals surface area contributed by atoms with Gasteiger partial charge in [0.05, 0.1) is 6.61 Å². The molecule has 0 saturated carbocycles. The lowest BCUT2D eigenvalue weighted by Gasteiger charge is -2.20. The molecule has 0 aromatic rings. The van der Waals surface area contributed by atoms with Crippen LogP contribution in [0, 0.1) is 0 Å². The molecule has 0 spiro atoms. The molecule has 1 atom stereocenters. The van der Waals surface area contributed by atoms with Crippen LogP contribution in [0.5, 0.6) is 0 Å². The number of carbonyl (C=O) groups excluding carboxylic acids is 1. The number of hydrogen-bond acceptors (Lipinski definition) is 3. The highest BCUT2D eigenvalue weighted by molar-refractivity contribution is 5.92. The highest BCUT2D eigenvalue weighted by Gasteiger charge is 2.32. The molecular weight excluding hydrogens is 194 g/mol. The van der Waals surface area contributed by atoms with Crippen molar-refractivity contribution in [1.82, 2.24) is 5.32 Å². The van der Waals surface area contributed by atoms with Gasteiger partial charge in [0.2, 0.25) is 5.91 Å². The average molecular weight is 213 g/mol. The molecule has 1 saturated heterocycles. The van der Waals surface area contributed by atoms with E-state index in [0.29, 0.717) is 25.2 Å². The molecule has 2 N–H and O–H groups in total. The summed E-state index contributed by atoms with van der Waals surface area (Å²) in [6, 6.07) is 0. The van der Waals surface area contributed by atoms with Gasteiger partial charge in [0.1, 0.15) is 5.60 Å². The lowest BCUT2D eigenvalue weighted by atomic mass is 10.0. The summed E-state index contributed by atoms with van der Waals surface area (Å²) in [4.78, 5) is 11.5. The van der Waals surface area contributed by atoms with Crippen LogP contribution in [0.25, 0.3) is 0 Å². The predicted octanol–water partition coefficient (Wildman–Crippen LogP) is 0.610. The second kappa shape index (κ2) is 5.28. The number of rotatable bonds is 4. The fraction of sp³-hybridized carbons (Fsp3) is 0.727. The first-order chi connectivity index (χ1) is 7.07. The Hall–Kier alpha value is -0.870. The number of allylic oxidation sites excluding steroid dienone is 1. The second-order valence-corrected chi connectivity index (χ2v) is 4.00. The fourth-order valence-corrected chi connectivity index (χ4v) is 1.52. The molecule has 0 aromatic carbocycles. The molecule has 86 valence electrons. The molecule has 0 aromatic heterocycles. The van der Waals surface area contributed by atoms with Crippen LogP contribution >= 0.6 is 0 Å². The summed E-state index contributed by atoms with van der Waals surface area (Å²) in [5.74, 6) is -0.114. The Kier molecular flexibility index (Phi) is 4.29. The number of carbonyl (C=O) groups is 1. The fourth-order valence-electron chi connectivity index (χ4n) is 1.52. The van der Waals surface area contributed by atoms with Crippen molar-refractivity contribution in [2.45, 2.75) is 32.3 Å². The van der Waals surface area contributed by atoms with Crippen LogP contribution in [0.3, 0.4) is 0 Å². The van der Waals surface area contributed by atoms with E-state index in [-0.39, 0.29) is 12.5 Å². The molecule has 1 unspecified atom stereocenters. The summed E-state index contributed by atoms with van der Waals surface area (Å²) in [5.41, 5.74) is -0.178. The molecule has 1 amide bonds. The van der Waals surface area contributed by atoms with Crippen molar-refractivity contribution in [2.75, 3.05) is 19.8 Å². The van der Waals surface area contributed by atoms with Gasteiger partial charge < -0.3 is 15.2 Å². The van der Waals surface area contributed by atoms with Crippen molar-refractivity contribution in [1.29, 1.82) is 0 Å². The Balaban J connectivity index is 2.36. The van der Waals surface area contributed by atoms with Gasteiger partial charge in [-0.15, -0.1) is 0 Å². The first-order valence-electron chi connectivity index (χ1n) is 5.32. The Morgan fingerprint density at radius 1 is 1.67 bits per heavy atom. The Labute approximate surface area is 90.3 Å². The van der Waals surface area contributed by atoms with Crippen LogP contribution in [-0.2, 0) is 9.53 Å². The summed E-state index contributed by atoms with van der Waals surface area (Å²) in [5, 5.41) is 12.6. The van der Waals surface area contributed by atoms with E-state index in [0.717, 1.165) is 6.42 Å². The molecule has 1 fully saturated rings. The number of aliphatic hydroxyl groups is 1. The van der Waals surface area contributed by atoms with E-state index >= 15 is 0 Å². The molecule has 1 rings (SSSR count). The summed E-state index contributed by atoms with van der Waals surface area (Å²) in [6.45, 7) is 4.89. The van der Waals surface area contributed by atoms with Gasteiger partial charge in [-0.2, -0.15) is 0 Å². The zero-order chi connectivity index (χ0) is 11.3. The maximum atomic E-state index is 11.5. The van der Waals surface area contributed by atoms with Crippen molar-refractivity contribution in [2.24, 2.45) is 0 Å². The quantitative estimate of drug-likeness (QED) is 0.673. The van der Waals surface area contributed by atoms with Crippen molar-refractivity contribution >= 4 is 5.91 Å². The third-order valence-corrected chi connectivity index (χ3v) is 2.53. The van der Waals surface area contributed by atoms with E-state index in [9.17, 15) is 9.90 Å². The van der Waals surface area contributed by atoms with Crippen LogP contribution in [0.2, 0.25) is 0 Å². The maximum absolute atomic E-state index is 11.5. The average Bonchev–Trinajstić information content (AvgIpc) is 2.63. The van der Waals surface area contributed by atoms with Gasteiger partial charge in [0.15, 0.2) is 0 Å². The molecule has 1 aliphatic rings. The summed E-state index contributed by atoms with van der Waals surface area (Å²) in [7, 11) is 0. The first kappa shape index (κ1) is 12.2. The van der Waals surface area contributed by atoms with Crippen molar-refractivity contribution < 1.29 is 14.6 Å². The van der Waals surface area contributed by atoms with Gasteiger partial charge in [-0.05, 0) is 13.3 Å². The normalized spacial score (nSPS) is 26.7. The number of amides is 1. The monoisotopic (exact) mass is 213 g/mol. The zero-order valence-electron chi connectivity index (χ0n) is 9.38. The molecule has 0 radical (unpaired) electrons. The van der Waals surface area contributed by atoms with E-state index in [4.69, 9.17) is 4.74 Å². The topological polar surface area (TPSA) is 58.6 Å². The lowest BCUT2D eigenvalue weighted by molar-refractivity contribution is -0.118. The van der Waals surface area contributed by atoms with E-state index in [2.05, 4.69) is 5.32 Å². The van der Waals surface area contributed by atoms with Crippen LogP contribution in [0.15, 0.2) is 11.6 Å². The standard InChI is InChI=1S/C11H19NO3/c1-3-4-9(2)10(13)12-7-11(14)5-6-15-8-11/h4,14H,3,5-8H2,1-2H3,(H,12,13)/b9-4-. The first-order valence-corrected chi connectivity index (χ1v) is 5.32. The Morgan fingerprint density at radius 3 is 2.93 bits per heavy atom. The van der Waals surface area contributed by atoms with Gasteiger partial charge in [-0.1, -0.05) is 13.0 Å². The minimum absolute atomic E-state index is 0.114. The maximum Gasteiger partial charge on any atom is 0.246 e. The molecule has 1 aliphatic heterocycles.